The van der Waals surface area contributed by atoms with Crippen LogP contribution >= 0.6 is 0 Å². The van der Waals surface area contributed by atoms with Crippen LogP contribution in [0.25, 0.3) is 5.57 Å². The van der Waals surface area contributed by atoms with Gasteiger partial charge in [0, 0.05) is 0 Å². The summed E-state index contributed by atoms with van der Waals surface area (Å²) in [6, 6.07) is 10.9. The number of hydrogen-bond donors (Lipinski definition) is 0. The molecule has 0 radical (unpaired) electrons. The van der Waals surface area contributed by atoms with E-state index in [1.807, 2.05) is 0 Å². The average Bonchev–Trinajstić information content (AvgIpc) is 2.42. The lowest BCUT2D eigenvalue weighted by atomic mass is 9.81. The van der Waals surface area contributed by atoms with Gasteiger partial charge in [0.25, 0.3) is 0 Å². The predicted octanol–water partition coefficient (Wildman–Crippen LogP) is 6.15. The fourth-order valence-electron chi connectivity index (χ4n) is 2.81. The van der Waals surface area contributed by atoms with Crippen molar-refractivity contribution in [1.29, 1.82) is 0 Å². The van der Waals surface area contributed by atoms with Crippen LogP contribution in [0.3, 0.4) is 0 Å². The molecule has 0 spiro atoms. The van der Waals surface area contributed by atoms with Crippen LogP contribution < -0.4 is 0 Å². The Labute approximate surface area is 118 Å². The zero-order valence-corrected chi connectivity index (χ0v) is 12.2. The van der Waals surface area contributed by atoms with Gasteiger partial charge in [0.1, 0.15) is 0 Å². The topological polar surface area (TPSA) is 0 Å². The Kier molecular flexibility index (Phi) is 5.94. The van der Waals surface area contributed by atoms with Gasteiger partial charge >= 0.3 is 0 Å². The quantitative estimate of drug-likeness (QED) is 0.385. The van der Waals surface area contributed by atoms with Gasteiger partial charge in [0.05, 0.1) is 0 Å². The third kappa shape index (κ3) is 4.38. The van der Waals surface area contributed by atoms with E-state index in [1.165, 1.54) is 56.9 Å². The molecule has 0 saturated heterocycles. The second kappa shape index (κ2) is 7.99. The first-order valence-electron chi connectivity index (χ1n) is 7.79. The van der Waals surface area contributed by atoms with Crippen LogP contribution in [0.5, 0.6) is 0 Å². The Morgan fingerprint density at radius 1 is 0.947 bits per heavy atom. The zero-order chi connectivity index (χ0) is 13.3. The van der Waals surface area contributed by atoms with Crippen LogP contribution in [0.1, 0.15) is 63.9 Å². The van der Waals surface area contributed by atoms with Crippen LogP contribution in [-0.2, 0) is 0 Å². The van der Waals surface area contributed by atoms with E-state index in [0.29, 0.717) is 0 Å². The summed E-state index contributed by atoms with van der Waals surface area (Å²) in [5.74, 6) is 0. The summed E-state index contributed by atoms with van der Waals surface area (Å²) >= 11 is 0. The van der Waals surface area contributed by atoms with E-state index >= 15 is 0 Å². The lowest BCUT2D eigenvalue weighted by Crippen LogP contribution is -2.03. The van der Waals surface area contributed by atoms with Crippen molar-refractivity contribution in [3.63, 3.8) is 0 Å². The maximum absolute atomic E-state index is 2.28. The molecule has 0 unspecified atom stereocenters. The number of unbranched alkanes of at least 4 members (excludes halogenated alkanes) is 4. The van der Waals surface area contributed by atoms with Crippen LogP contribution in [0.4, 0.5) is 0 Å². The predicted molar refractivity (Wildman–Crippen MR) is 85.1 cm³/mol. The van der Waals surface area contributed by atoms with Crippen molar-refractivity contribution in [2.75, 3.05) is 0 Å². The van der Waals surface area contributed by atoms with Gasteiger partial charge in [-0.05, 0) is 56.6 Å². The van der Waals surface area contributed by atoms with E-state index in [1.54, 1.807) is 11.1 Å². The summed E-state index contributed by atoms with van der Waals surface area (Å²) < 4.78 is 0. The normalized spacial score (nSPS) is 15.0. The molecular weight excluding hydrogens is 228 g/mol. The SMILES string of the molecule is CC=CCCCCCCC1=C(c2ccccc2)CC1. The summed E-state index contributed by atoms with van der Waals surface area (Å²) in [7, 11) is 0. The smallest absolute Gasteiger partial charge is 0.0225 e. The minimum atomic E-state index is 1.26. The molecule has 0 fully saturated rings. The molecule has 0 amide bonds. The maximum Gasteiger partial charge on any atom is -0.0225 e. The average molecular weight is 254 g/mol. The Balaban J connectivity index is 1.69. The van der Waals surface area contributed by atoms with Gasteiger partial charge in [-0.1, -0.05) is 60.9 Å². The first-order chi connectivity index (χ1) is 9.42. The largest absolute Gasteiger partial charge is 0.0917 e. The van der Waals surface area contributed by atoms with Gasteiger partial charge < -0.3 is 0 Å². The summed E-state index contributed by atoms with van der Waals surface area (Å²) in [6.07, 6.45) is 15.2. The molecule has 0 heterocycles. The summed E-state index contributed by atoms with van der Waals surface area (Å²) in [6.45, 7) is 2.11. The molecule has 0 heteroatoms. The van der Waals surface area contributed by atoms with Gasteiger partial charge in [-0.25, -0.2) is 0 Å². The molecule has 1 aromatic rings. The molecule has 1 aliphatic carbocycles. The van der Waals surface area contributed by atoms with Crippen LogP contribution in [0, 0.1) is 0 Å². The second-order valence-corrected chi connectivity index (χ2v) is 5.47. The molecular formula is C19H26. The number of benzene rings is 1. The fraction of sp³-hybridized carbons (Fsp3) is 0.474. The van der Waals surface area contributed by atoms with E-state index in [4.69, 9.17) is 0 Å². The van der Waals surface area contributed by atoms with Crippen molar-refractivity contribution < 1.29 is 0 Å². The lowest BCUT2D eigenvalue weighted by Gasteiger charge is -2.24. The molecule has 0 nitrogen and oxygen atoms in total. The van der Waals surface area contributed by atoms with E-state index in [0.717, 1.165) is 0 Å². The standard InChI is InChI=1S/C19H26/c1-2-3-4-5-6-7-9-14-18-15-16-19(18)17-12-10-8-11-13-17/h2-3,8,10-13H,4-7,9,14-16H2,1H3. The van der Waals surface area contributed by atoms with E-state index in [-0.39, 0.29) is 0 Å². The van der Waals surface area contributed by atoms with Crippen LogP contribution in [-0.4, -0.2) is 0 Å². The maximum atomic E-state index is 2.28. The van der Waals surface area contributed by atoms with Crippen molar-refractivity contribution in [1.82, 2.24) is 0 Å². The molecule has 0 aromatic heterocycles. The molecule has 0 atom stereocenters. The molecule has 2 rings (SSSR count). The number of hydrogen-bond acceptors (Lipinski definition) is 0. The van der Waals surface area contributed by atoms with Gasteiger partial charge in [0.15, 0.2) is 0 Å². The van der Waals surface area contributed by atoms with Crippen molar-refractivity contribution in [3.8, 4) is 0 Å². The Morgan fingerprint density at radius 3 is 2.42 bits per heavy atom. The molecule has 0 bridgehead atoms. The highest BCUT2D eigenvalue weighted by Crippen LogP contribution is 2.38. The second-order valence-electron chi connectivity index (χ2n) is 5.47. The highest BCUT2D eigenvalue weighted by Gasteiger charge is 2.17. The Bertz CT molecular complexity index is 423. The van der Waals surface area contributed by atoms with E-state index in [2.05, 4.69) is 49.4 Å². The van der Waals surface area contributed by atoms with Gasteiger partial charge in [-0.15, -0.1) is 0 Å². The van der Waals surface area contributed by atoms with Crippen LogP contribution in [0.2, 0.25) is 0 Å². The molecule has 19 heavy (non-hydrogen) atoms. The number of allylic oxidation sites excluding steroid dienone is 4. The van der Waals surface area contributed by atoms with Crippen molar-refractivity contribution in [2.24, 2.45) is 0 Å². The monoisotopic (exact) mass is 254 g/mol. The summed E-state index contributed by atoms with van der Waals surface area (Å²) in [4.78, 5) is 0. The molecule has 0 aliphatic heterocycles. The van der Waals surface area contributed by atoms with Gasteiger partial charge in [0.2, 0.25) is 0 Å². The number of rotatable bonds is 8. The summed E-state index contributed by atoms with van der Waals surface area (Å²) in [5.41, 5.74) is 4.81. The minimum Gasteiger partial charge on any atom is -0.0917 e. The summed E-state index contributed by atoms with van der Waals surface area (Å²) in [5, 5.41) is 0. The van der Waals surface area contributed by atoms with Crippen molar-refractivity contribution >= 4 is 5.57 Å². The molecule has 102 valence electrons. The zero-order valence-electron chi connectivity index (χ0n) is 12.2. The first kappa shape index (κ1) is 14.1. The fourth-order valence-corrected chi connectivity index (χ4v) is 2.81. The minimum absolute atomic E-state index is 1.26. The Morgan fingerprint density at radius 2 is 1.74 bits per heavy atom. The molecule has 0 saturated carbocycles. The lowest BCUT2D eigenvalue weighted by molar-refractivity contribution is 0.629. The third-order valence-corrected chi connectivity index (χ3v) is 4.06. The highest BCUT2D eigenvalue weighted by atomic mass is 14.2. The van der Waals surface area contributed by atoms with E-state index < -0.39 is 0 Å². The van der Waals surface area contributed by atoms with Gasteiger partial charge in [-0.2, -0.15) is 0 Å². The van der Waals surface area contributed by atoms with Crippen molar-refractivity contribution in [3.05, 3.63) is 53.6 Å². The first-order valence-corrected chi connectivity index (χ1v) is 7.79. The van der Waals surface area contributed by atoms with Crippen LogP contribution in [0.15, 0.2) is 48.1 Å². The van der Waals surface area contributed by atoms with Crippen molar-refractivity contribution in [2.45, 2.75) is 58.3 Å². The Hall–Kier alpha value is -1.30. The molecule has 1 aromatic carbocycles. The van der Waals surface area contributed by atoms with E-state index in [9.17, 15) is 0 Å². The molecule has 0 N–H and O–H groups in total. The molecule has 1 aliphatic rings. The third-order valence-electron chi connectivity index (χ3n) is 4.06. The van der Waals surface area contributed by atoms with Gasteiger partial charge in [-0.3, -0.25) is 0 Å². The highest BCUT2D eigenvalue weighted by molar-refractivity contribution is 5.73.